The number of halogens is 1. The minimum Gasteiger partial charge on any atom is -0.355 e. The number of nitrogens with zero attached hydrogens (tertiary/aromatic N) is 3. The summed E-state index contributed by atoms with van der Waals surface area (Å²) in [5.74, 6) is -0.271. The number of hydrogen-bond donors (Lipinski definition) is 2. The van der Waals surface area contributed by atoms with E-state index in [1.807, 2.05) is 29.2 Å². The van der Waals surface area contributed by atoms with Crippen LogP contribution in [0.2, 0.25) is 5.15 Å². The van der Waals surface area contributed by atoms with Gasteiger partial charge in [-0.1, -0.05) is 61.5 Å². The number of thioether (sulfide) groups is 1. The maximum atomic E-state index is 13.8. The van der Waals surface area contributed by atoms with Crippen molar-refractivity contribution in [2.45, 2.75) is 25.2 Å². The molecule has 0 unspecified atom stereocenters. The summed E-state index contributed by atoms with van der Waals surface area (Å²) in [5, 5.41) is 6.27. The third-order valence-corrected chi connectivity index (χ3v) is 7.07. The molecule has 3 amide bonds. The molecule has 0 spiro atoms. The van der Waals surface area contributed by atoms with E-state index >= 15 is 0 Å². The Morgan fingerprint density at radius 1 is 1.24 bits per heavy atom. The van der Waals surface area contributed by atoms with Crippen LogP contribution in [-0.2, 0) is 15.0 Å². The van der Waals surface area contributed by atoms with Gasteiger partial charge in [0.25, 0.3) is 11.8 Å². The Morgan fingerprint density at radius 3 is 2.61 bits per heavy atom. The molecule has 3 heterocycles. The molecule has 33 heavy (non-hydrogen) atoms. The van der Waals surface area contributed by atoms with Gasteiger partial charge in [0.1, 0.15) is 10.6 Å². The number of nitrogens with one attached hydrogen (secondary N) is 2. The molecule has 2 N–H and O–H groups in total. The Kier molecular flexibility index (Phi) is 6.45. The first kappa shape index (κ1) is 23.3. The molecule has 0 atom stereocenters. The molecule has 0 radical (unpaired) electrons. The van der Waals surface area contributed by atoms with Gasteiger partial charge in [-0.15, -0.1) is 0 Å². The fraction of sp³-hybridized carbons (Fsp3) is 0.348. The number of amides is 3. The highest BCUT2D eigenvalue weighted by atomic mass is 35.5. The van der Waals surface area contributed by atoms with Crippen molar-refractivity contribution in [2.24, 2.45) is 4.99 Å². The fourth-order valence-corrected chi connectivity index (χ4v) is 5.12. The number of benzene rings is 1. The van der Waals surface area contributed by atoms with Crippen molar-refractivity contribution in [2.75, 3.05) is 31.2 Å². The molecule has 4 rings (SSSR count). The van der Waals surface area contributed by atoms with Gasteiger partial charge in [0, 0.05) is 20.1 Å². The second-order valence-electron chi connectivity index (χ2n) is 8.34. The number of rotatable bonds is 5. The summed E-state index contributed by atoms with van der Waals surface area (Å²) in [4.78, 5) is 47.9. The number of anilines is 1. The van der Waals surface area contributed by atoms with Crippen LogP contribution >= 0.6 is 23.4 Å². The van der Waals surface area contributed by atoms with Gasteiger partial charge in [0.15, 0.2) is 5.17 Å². The molecule has 1 fully saturated rings. The highest BCUT2D eigenvalue weighted by molar-refractivity contribution is 8.14. The summed E-state index contributed by atoms with van der Waals surface area (Å²) in [6, 6.07) is 9.31. The lowest BCUT2D eigenvalue weighted by Gasteiger charge is -2.50. The van der Waals surface area contributed by atoms with Gasteiger partial charge >= 0.3 is 0 Å². The summed E-state index contributed by atoms with van der Waals surface area (Å²) < 4.78 is 0. The van der Waals surface area contributed by atoms with E-state index in [0.29, 0.717) is 24.0 Å². The molecule has 1 saturated heterocycles. The molecule has 0 saturated carbocycles. The van der Waals surface area contributed by atoms with Crippen molar-refractivity contribution < 1.29 is 14.4 Å². The van der Waals surface area contributed by atoms with Crippen LogP contribution in [0.3, 0.4) is 0 Å². The average molecular weight is 486 g/mol. The predicted molar refractivity (Wildman–Crippen MR) is 130 cm³/mol. The third kappa shape index (κ3) is 4.35. The van der Waals surface area contributed by atoms with Gasteiger partial charge in [-0.3, -0.25) is 14.4 Å². The Bertz CT molecular complexity index is 1160. The first-order valence-corrected chi connectivity index (χ1v) is 11.9. The Balaban J connectivity index is 1.71. The molecular weight excluding hydrogens is 462 g/mol. The van der Waals surface area contributed by atoms with Crippen LogP contribution < -0.4 is 10.6 Å². The van der Waals surface area contributed by atoms with Crippen molar-refractivity contribution in [1.82, 2.24) is 15.2 Å². The van der Waals surface area contributed by atoms with Gasteiger partial charge in [0.05, 0.1) is 23.2 Å². The number of aromatic nitrogens is 1. The number of pyridine rings is 1. The highest BCUT2D eigenvalue weighted by Crippen LogP contribution is 2.41. The van der Waals surface area contributed by atoms with Crippen LogP contribution in [0.5, 0.6) is 0 Å². The van der Waals surface area contributed by atoms with Crippen LogP contribution in [0.15, 0.2) is 41.5 Å². The fourth-order valence-electron chi connectivity index (χ4n) is 4.17. The van der Waals surface area contributed by atoms with Gasteiger partial charge in [0.2, 0.25) is 5.91 Å². The van der Waals surface area contributed by atoms with E-state index in [-0.39, 0.29) is 40.0 Å². The van der Waals surface area contributed by atoms with Gasteiger partial charge in [-0.2, -0.15) is 4.99 Å². The lowest BCUT2D eigenvalue weighted by Crippen LogP contribution is -2.66. The van der Waals surface area contributed by atoms with Crippen LogP contribution in [0.4, 0.5) is 5.69 Å². The van der Waals surface area contributed by atoms with E-state index in [0.717, 1.165) is 11.1 Å². The molecule has 2 aromatic rings. The molecule has 1 aromatic carbocycles. The number of likely N-dealkylation sites (tertiary alicyclic amines) is 1. The topological polar surface area (TPSA) is 104 Å². The van der Waals surface area contributed by atoms with E-state index in [4.69, 9.17) is 11.6 Å². The quantitative estimate of drug-likeness (QED) is 0.631. The third-order valence-electron chi connectivity index (χ3n) is 5.86. The van der Waals surface area contributed by atoms with Crippen molar-refractivity contribution in [3.63, 3.8) is 0 Å². The van der Waals surface area contributed by atoms with E-state index < -0.39 is 5.41 Å². The number of carbonyl (C=O) groups is 3. The van der Waals surface area contributed by atoms with Gasteiger partial charge in [-0.25, -0.2) is 4.98 Å². The minimum atomic E-state index is -0.880. The molecule has 2 aliphatic heterocycles. The first-order chi connectivity index (χ1) is 15.7. The lowest BCUT2D eigenvalue weighted by molar-refractivity contribution is -0.125. The summed E-state index contributed by atoms with van der Waals surface area (Å²) in [7, 11) is 1.51. The minimum absolute atomic E-state index is 0.155. The average Bonchev–Trinajstić information content (AvgIpc) is 3.19. The SMILES string of the molecule is CNC(=O)c1cc(Cl)ncc1NC(=O)C1(c2ccccc2C(C)C)CN(C2=NC(=O)CS2)C1. The standard InChI is InChI=1S/C23H24ClN5O3S/c1-13(2)14-6-4-5-7-16(14)23(11-29(12-23)22-28-19(30)10-33-22)21(32)27-17-9-26-18(24)8-15(17)20(31)25-3/h4-9,13H,10-12H2,1-3H3,(H,25,31)(H,27,32). The molecule has 10 heteroatoms. The molecule has 8 nitrogen and oxygen atoms in total. The summed E-state index contributed by atoms with van der Waals surface area (Å²) >= 11 is 7.37. The van der Waals surface area contributed by atoms with E-state index in [2.05, 4.69) is 34.5 Å². The molecule has 2 aliphatic rings. The summed E-state index contributed by atoms with van der Waals surface area (Å²) in [6.45, 7) is 4.92. The van der Waals surface area contributed by atoms with Gasteiger partial charge < -0.3 is 15.5 Å². The summed E-state index contributed by atoms with van der Waals surface area (Å²) in [5.41, 5.74) is 1.63. The van der Waals surface area contributed by atoms with E-state index in [1.54, 1.807) is 0 Å². The van der Waals surface area contributed by atoms with Crippen molar-refractivity contribution in [3.05, 3.63) is 58.4 Å². The second kappa shape index (κ2) is 9.15. The van der Waals surface area contributed by atoms with Crippen LogP contribution in [0, 0.1) is 0 Å². The molecular formula is C23H24ClN5O3S. The zero-order valence-corrected chi connectivity index (χ0v) is 20.1. The number of carbonyl (C=O) groups excluding carboxylic acids is 3. The smallest absolute Gasteiger partial charge is 0.258 e. The van der Waals surface area contributed by atoms with Crippen LogP contribution in [-0.4, -0.2) is 58.7 Å². The van der Waals surface area contributed by atoms with Crippen molar-refractivity contribution in [1.29, 1.82) is 0 Å². The largest absolute Gasteiger partial charge is 0.355 e. The normalized spacial score (nSPS) is 16.9. The number of hydrogen-bond acceptors (Lipinski definition) is 6. The number of aliphatic imine (C=N–C) groups is 1. The van der Waals surface area contributed by atoms with Crippen LogP contribution in [0.1, 0.15) is 41.3 Å². The second-order valence-corrected chi connectivity index (χ2v) is 9.67. The zero-order chi connectivity index (χ0) is 23.8. The Hall–Kier alpha value is -2.91. The summed E-state index contributed by atoms with van der Waals surface area (Å²) in [6.07, 6.45) is 1.39. The molecule has 0 bridgehead atoms. The van der Waals surface area contributed by atoms with Crippen molar-refractivity contribution in [3.8, 4) is 0 Å². The van der Waals surface area contributed by atoms with E-state index in [9.17, 15) is 14.4 Å². The maximum Gasteiger partial charge on any atom is 0.258 e. The Morgan fingerprint density at radius 2 is 1.97 bits per heavy atom. The highest BCUT2D eigenvalue weighted by Gasteiger charge is 2.53. The molecule has 172 valence electrons. The van der Waals surface area contributed by atoms with Gasteiger partial charge in [-0.05, 0) is 23.1 Å². The first-order valence-electron chi connectivity index (χ1n) is 10.5. The monoisotopic (exact) mass is 485 g/mol. The van der Waals surface area contributed by atoms with E-state index in [1.165, 1.54) is 31.1 Å². The molecule has 0 aliphatic carbocycles. The van der Waals surface area contributed by atoms with Crippen molar-refractivity contribution >= 4 is 51.9 Å². The number of amidine groups is 1. The Labute approximate surface area is 201 Å². The zero-order valence-electron chi connectivity index (χ0n) is 18.5. The van der Waals surface area contributed by atoms with Crippen LogP contribution in [0.25, 0.3) is 0 Å². The predicted octanol–water partition coefficient (Wildman–Crippen LogP) is 3.04. The lowest BCUT2D eigenvalue weighted by atomic mass is 9.70. The maximum absolute atomic E-state index is 13.8. The molecule has 1 aromatic heterocycles.